The summed E-state index contributed by atoms with van der Waals surface area (Å²) in [5, 5.41) is 0. The average molecular weight is 297 g/mol. The van der Waals surface area contributed by atoms with Gasteiger partial charge in [-0.3, -0.25) is 4.90 Å². The number of likely N-dealkylation sites (N-methyl/N-ethyl adjacent to an activating group) is 1. The van der Waals surface area contributed by atoms with E-state index in [1.807, 2.05) is 0 Å². The third kappa shape index (κ3) is 3.38. The fourth-order valence-electron chi connectivity index (χ4n) is 2.76. The van der Waals surface area contributed by atoms with E-state index < -0.39 is 10.0 Å². The molecule has 1 atom stereocenters. The molecular formula is C14H23N3O2S. The molecule has 0 bridgehead atoms. The van der Waals surface area contributed by atoms with Crippen LogP contribution in [0.4, 0.5) is 0 Å². The first-order chi connectivity index (χ1) is 9.58. The molecule has 1 aromatic rings. The minimum atomic E-state index is -3.48. The molecule has 3 N–H and O–H groups in total. The summed E-state index contributed by atoms with van der Waals surface area (Å²) in [7, 11) is -3.48. The van der Waals surface area contributed by atoms with Gasteiger partial charge in [0.1, 0.15) is 0 Å². The molecule has 5 nitrogen and oxygen atoms in total. The fourth-order valence-corrected chi connectivity index (χ4v) is 4.08. The van der Waals surface area contributed by atoms with Crippen molar-refractivity contribution in [3.05, 3.63) is 29.8 Å². The fraction of sp³-hybridized carbons (Fsp3) is 0.571. The highest BCUT2D eigenvalue weighted by Gasteiger charge is 2.25. The summed E-state index contributed by atoms with van der Waals surface area (Å²) in [5.74, 6) is 0. The summed E-state index contributed by atoms with van der Waals surface area (Å²) < 4.78 is 27.5. The van der Waals surface area contributed by atoms with Gasteiger partial charge in [0, 0.05) is 19.1 Å². The lowest BCUT2D eigenvalue weighted by atomic mass is 10.2. The van der Waals surface area contributed by atoms with Crippen LogP contribution in [0.15, 0.2) is 29.2 Å². The Morgan fingerprint density at radius 1 is 1.40 bits per heavy atom. The molecule has 112 valence electrons. The van der Waals surface area contributed by atoms with Gasteiger partial charge in [-0.1, -0.05) is 25.1 Å². The molecule has 1 aliphatic rings. The third-order valence-electron chi connectivity index (χ3n) is 3.90. The molecule has 2 rings (SSSR count). The molecular weight excluding hydrogens is 274 g/mol. The van der Waals surface area contributed by atoms with Crippen LogP contribution in [0.1, 0.15) is 25.3 Å². The van der Waals surface area contributed by atoms with Gasteiger partial charge in [0.15, 0.2) is 0 Å². The second-order valence-corrected chi connectivity index (χ2v) is 6.82. The maximum atomic E-state index is 12.4. The van der Waals surface area contributed by atoms with Gasteiger partial charge in [0.05, 0.1) is 4.90 Å². The molecule has 0 aliphatic carbocycles. The largest absolute Gasteiger partial charge is 0.326 e. The maximum absolute atomic E-state index is 12.4. The highest BCUT2D eigenvalue weighted by atomic mass is 32.2. The van der Waals surface area contributed by atoms with Crippen molar-refractivity contribution in [3.63, 3.8) is 0 Å². The van der Waals surface area contributed by atoms with E-state index in [4.69, 9.17) is 5.73 Å². The topological polar surface area (TPSA) is 75.4 Å². The van der Waals surface area contributed by atoms with E-state index in [0.29, 0.717) is 23.0 Å². The van der Waals surface area contributed by atoms with Gasteiger partial charge in [-0.25, -0.2) is 13.1 Å². The monoisotopic (exact) mass is 297 g/mol. The highest BCUT2D eigenvalue weighted by Crippen LogP contribution is 2.18. The van der Waals surface area contributed by atoms with Gasteiger partial charge in [-0.15, -0.1) is 0 Å². The molecule has 0 saturated carbocycles. The number of rotatable bonds is 6. The van der Waals surface area contributed by atoms with E-state index in [-0.39, 0.29) is 6.54 Å². The predicted octanol–water partition coefficient (Wildman–Crippen LogP) is 0.908. The summed E-state index contributed by atoms with van der Waals surface area (Å²) in [6.45, 7) is 4.82. The zero-order chi connectivity index (χ0) is 14.6. The van der Waals surface area contributed by atoms with Crippen LogP contribution in [-0.4, -0.2) is 39.0 Å². The van der Waals surface area contributed by atoms with Gasteiger partial charge >= 0.3 is 0 Å². The van der Waals surface area contributed by atoms with Crippen LogP contribution in [0.5, 0.6) is 0 Å². The Morgan fingerprint density at radius 2 is 2.15 bits per heavy atom. The van der Waals surface area contributed by atoms with E-state index in [1.54, 1.807) is 24.3 Å². The first kappa shape index (κ1) is 15.4. The first-order valence-corrected chi connectivity index (χ1v) is 8.58. The molecule has 1 saturated heterocycles. The number of benzene rings is 1. The Balaban J connectivity index is 2.08. The molecule has 0 aromatic heterocycles. The second-order valence-electron chi connectivity index (χ2n) is 5.09. The predicted molar refractivity (Wildman–Crippen MR) is 79.8 cm³/mol. The molecule has 1 unspecified atom stereocenters. The van der Waals surface area contributed by atoms with Crippen molar-refractivity contribution in [3.8, 4) is 0 Å². The molecule has 1 heterocycles. The Hall–Kier alpha value is -0.950. The summed E-state index contributed by atoms with van der Waals surface area (Å²) in [6.07, 6.45) is 2.19. The maximum Gasteiger partial charge on any atom is 0.240 e. The number of nitrogens with zero attached hydrogens (tertiary/aromatic N) is 1. The van der Waals surface area contributed by atoms with E-state index >= 15 is 0 Å². The van der Waals surface area contributed by atoms with Crippen molar-refractivity contribution < 1.29 is 8.42 Å². The van der Waals surface area contributed by atoms with Crippen molar-refractivity contribution in [2.24, 2.45) is 5.73 Å². The number of nitrogens with one attached hydrogen (secondary N) is 1. The SMILES string of the molecule is CCN1CCCC1CNS(=O)(=O)c1ccccc1CN. The van der Waals surface area contributed by atoms with Gasteiger partial charge in [-0.05, 0) is 37.6 Å². The summed E-state index contributed by atoms with van der Waals surface area (Å²) >= 11 is 0. The first-order valence-electron chi connectivity index (χ1n) is 7.10. The lowest BCUT2D eigenvalue weighted by Crippen LogP contribution is -2.40. The van der Waals surface area contributed by atoms with Gasteiger partial charge in [0.25, 0.3) is 0 Å². The van der Waals surface area contributed by atoms with Crippen molar-refractivity contribution in [2.75, 3.05) is 19.6 Å². The van der Waals surface area contributed by atoms with Crippen LogP contribution in [0, 0.1) is 0 Å². The van der Waals surface area contributed by atoms with Gasteiger partial charge < -0.3 is 5.73 Å². The number of likely N-dealkylation sites (tertiary alicyclic amines) is 1. The summed E-state index contributed by atoms with van der Waals surface area (Å²) in [6, 6.07) is 7.19. The van der Waals surface area contributed by atoms with E-state index in [0.717, 1.165) is 25.9 Å². The van der Waals surface area contributed by atoms with Crippen molar-refractivity contribution >= 4 is 10.0 Å². The lowest BCUT2D eigenvalue weighted by molar-refractivity contribution is 0.268. The Kier molecular flexibility index (Phi) is 5.15. The molecule has 0 amide bonds. The quantitative estimate of drug-likeness (QED) is 0.818. The van der Waals surface area contributed by atoms with E-state index in [1.165, 1.54) is 0 Å². The molecule has 20 heavy (non-hydrogen) atoms. The number of hydrogen-bond donors (Lipinski definition) is 2. The van der Waals surface area contributed by atoms with Crippen LogP contribution in [0.3, 0.4) is 0 Å². The van der Waals surface area contributed by atoms with Crippen LogP contribution in [0.2, 0.25) is 0 Å². The summed E-state index contributed by atoms with van der Waals surface area (Å²) in [5.41, 5.74) is 6.26. The number of hydrogen-bond acceptors (Lipinski definition) is 4. The van der Waals surface area contributed by atoms with Crippen molar-refractivity contribution in [1.29, 1.82) is 0 Å². The molecule has 1 aromatic carbocycles. The molecule has 1 fully saturated rings. The lowest BCUT2D eigenvalue weighted by Gasteiger charge is -2.23. The van der Waals surface area contributed by atoms with Crippen LogP contribution in [0.25, 0.3) is 0 Å². The standard InChI is InChI=1S/C14H23N3O2S/c1-2-17-9-5-7-13(17)11-16-20(18,19)14-8-4-3-6-12(14)10-15/h3-4,6,8,13,16H,2,5,7,9-11,15H2,1H3. The zero-order valence-electron chi connectivity index (χ0n) is 11.9. The third-order valence-corrected chi connectivity index (χ3v) is 5.42. The summed E-state index contributed by atoms with van der Waals surface area (Å²) in [4.78, 5) is 2.61. The van der Waals surface area contributed by atoms with Crippen molar-refractivity contribution in [1.82, 2.24) is 9.62 Å². The highest BCUT2D eigenvalue weighted by molar-refractivity contribution is 7.89. The van der Waals surface area contributed by atoms with Gasteiger partial charge in [0.2, 0.25) is 10.0 Å². The normalized spacial score (nSPS) is 20.4. The number of nitrogens with two attached hydrogens (primary N) is 1. The van der Waals surface area contributed by atoms with Crippen molar-refractivity contribution in [2.45, 2.75) is 37.2 Å². The molecule has 1 aliphatic heterocycles. The minimum absolute atomic E-state index is 0.224. The Labute approximate surface area is 121 Å². The van der Waals surface area contributed by atoms with Gasteiger partial charge in [-0.2, -0.15) is 0 Å². The van der Waals surface area contributed by atoms with Crippen LogP contribution in [-0.2, 0) is 16.6 Å². The molecule has 0 radical (unpaired) electrons. The average Bonchev–Trinajstić information content (AvgIpc) is 2.92. The molecule has 6 heteroatoms. The number of sulfonamides is 1. The zero-order valence-corrected chi connectivity index (χ0v) is 12.7. The van der Waals surface area contributed by atoms with Crippen LogP contribution < -0.4 is 10.5 Å². The smallest absolute Gasteiger partial charge is 0.240 e. The second kappa shape index (κ2) is 6.67. The molecule has 0 spiro atoms. The minimum Gasteiger partial charge on any atom is -0.326 e. The van der Waals surface area contributed by atoms with E-state index in [9.17, 15) is 8.42 Å². The van der Waals surface area contributed by atoms with E-state index in [2.05, 4.69) is 16.5 Å². The van der Waals surface area contributed by atoms with Crippen LogP contribution >= 0.6 is 0 Å². The Bertz CT molecular complexity index is 545. The Morgan fingerprint density at radius 3 is 2.85 bits per heavy atom.